The molecular weight excluding hydrogens is 277 g/mol. The number of benzene rings is 1. The number of hydrogen-bond acceptors (Lipinski definition) is 5. The maximum absolute atomic E-state index is 10.9. The van der Waals surface area contributed by atoms with Gasteiger partial charge in [0.25, 0.3) is 5.56 Å². The summed E-state index contributed by atoms with van der Waals surface area (Å²) in [4.78, 5) is 13.3. The van der Waals surface area contributed by atoms with Crippen LogP contribution in [-0.2, 0) is 0 Å². The fourth-order valence-electron chi connectivity index (χ4n) is 1.13. The van der Waals surface area contributed by atoms with Crippen molar-refractivity contribution in [3.8, 4) is 0 Å². The summed E-state index contributed by atoms with van der Waals surface area (Å²) < 4.78 is 0. The Kier molecular flexibility index (Phi) is 3.91. The van der Waals surface area contributed by atoms with E-state index in [1.807, 2.05) is 0 Å². The molecule has 0 atom stereocenters. The first-order valence-electron chi connectivity index (χ1n) is 4.81. The van der Waals surface area contributed by atoms with Gasteiger partial charge in [0.15, 0.2) is 0 Å². The summed E-state index contributed by atoms with van der Waals surface area (Å²) in [5, 5.41) is 12.0. The molecule has 0 unspecified atom stereocenters. The van der Waals surface area contributed by atoms with E-state index in [0.717, 1.165) is 6.20 Å². The number of anilines is 1. The SMILES string of the molecule is O=c1cnnc(NN=Cc2ccc(Cl)cc2Cl)[nH]1. The van der Waals surface area contributed by atoms with E-state index in [4.69, 9.17) is 23.2 Å². The summed E-state index contributed by atoms with van der Waals surface area (Å²) >= 11 is 11.7. The van der Waals surface area contributed by atoms with Crippen LogP contribution in [0.2, 0.25) is 10.0 Å². The number of aromatic amines is 1. The number of hydrazone groups is 1. The lowest BCUT2D eigenvalue weighted by Crippen LogP contribution is -2.10. The second-order valence-corrected chi connectivity index (χ2v) is 4.06. The third-order valence-corrected chi connectivity index (χ3v) is 2.47. The van der Waals surface area contributed by atoms with E-state index < -0.39 is 0 Å². The quantitative estimate of drug-likeness (QED) is 0.666. The molecule has 1 heterocycles. The van der Waals surface area contributed by atoms with Crippen molar-refractivity contribution in [3.63, 3.8) is 0 Å². The Bertz CT molecular complexity index is 640. The second kappa shape index (κ2) is 5.61. The largest absolute Gasteiger partial charge is 0.289 e. The normalized spacial score (nSPS) is 10.8. The van der Waals surface area contributed by atoms with Gasteiger partial charge >= 0.3 is 0 Å². The molecule has 0 spiro atoms. The number of aromatic nitrogens is 3. The first kappa shape index (κ1) is 12.5. The lowest BCUT2D eigenvalue weighted by atomic mass is 10.2. The van der Waals surface area contributed by atoms with Crippen LogP contribution in [0.15, 0.2) is 34.3 Å². The summed E-state index contributed by atoms with van der Waals surface area (Å²) in [6.07, 6.45) is 2.54. The highest BCUT2D eigenvalue weighted by Crippen LogP contribution is 2.19. The molecule has 0 aliphatic carbocycles. The van der Waals surface area contributed by atoms with Crippen molar-refractivity contribution in [2.24, 2.45) is 5.10 Å². The van der Waals surface area contributed by atoms with E-state index in [0.29, 0.717) is 15.6 Å². The van der Waals surface area contributed by atoms with Gasteiger partial charge in [0.1, 0.15) is 6.20 Å². The molecule has 0 amide bonds. The predicted molar refractivity (Wildman–Crippen MR) is 70.3 cm³/mol. The minimum Gasteiger partial charge on any atom is -0.289 e. The smallest absolute Gasteiger partial charge is 0.271 e. The minimum atomic E-state index is -0.368. The van der Waals surface area contributed by atoms with Crippen molar-refractivity contribution in [1.29, 1.82) is 0 Å². The van der Waals surface area contributed by atoms with Gasteiger partial charge in [-0.1, -0.05) is 29.3 Å². The molecule has 0 aliphatic heterocycles. The Balaban J connectivity index is 2.10. The monoisotopic (exact) mass is 283 g/mol. The van der Waals surface area contributed by atoms with Crippen LogP contribution in [0.1, 0.15) is 5.56 Å². The Morgan fingerprint density at radius 2 is 2.22 bits per heavy atom. The minimum absolute atomic E-state index is 0.142. The van der Waals surface area contributed by atoms with Crippen LogP contribution >= 0.6 is 23.2 Å². The number of rotatable bonds is 3. The molecule has 92 valence electrons. The second-order valence-electron chi connectivity index (χ2n) is 3.22. The molecule has 0 aliphatic rings. The molecule has 2 N–H and O–H groups in total. The highest BCUT2D eigenvalue weighted by atomic mass is 35.5. The zero-order valence-corrected chi connectivity index (χ0v) is 10.4. The molecule has 1 aromatic heterocycles. The van der Waals surface area contributed by atoms with Crippen LogP contribution in [0.4, 0.5) is 5.95 Å². The first-order valence-corrected chi connectivity index (χ1v) is 5.57. The molecule has 0 saturated carbocycles. The topological polar surface area (TPSA) is 83.0 Å². The van der Waals surface area contributed by atoms with Crippen molar-refractivity contribution < 1.29 is 0 Å². The number of nitrogens with one attached hydrogen (secondary N) is 2. The van der Waals surface area contributed by atoms with Crippen LogP contribution < -0.4 is 11.0 Å². The molecule has 8 heteroatoms. The number of nitrogens with zero attached hydrogens (tertiary/aromatic N) is 3. The Hall–Kier alpha value is -1.92. The highest BCUT2D eigenvalue weighted by Gasteiger charge is 1.98. The summed E-state index contributed by atoms with van der Waals surface area (Å²) in [7, 11) is 0. The Morgan fingerprint density at radius 1 is 1.39 bits per heavy atom. The molecule has 1 aromatic carbocycles. The molecular formula is C10H7Cl2N5O. The van der Waals surface area contributed by atoms with E-state index in [2.05, 4.69) is 25.7 Å². The van der Waals surface area contributed by atoms with Crippen LogP contribution in [0.25, 0.3) is 0 Å². The van der Waals surface area contributed by atoms with E-state index in [9.17, 15) is 4.79 Å². The lowest BCUT2D eigenvalue weighted by Gasteiger charge is -1.99. The average molecular weight is 284 g/mol. The zero-order valence-electron chi connectivity index (χ0n) is 8.89. The van der Waals surface area contributed by atoms with Gasteiger partial charge in [0.2, 0.25) is 5.95 Å². The lowest BCUT2D eigenvalue weighted by molar-refractivity contribution is 0.939. The summed E-state index contributed by atoms with van der Waals surface area (Å²) in [6, 6.07) is 5.02. The van der Waals surface area contributed by atoms with Crippen molar-refractivity contribution in [3.05, 3.63) is 50.4 Å². The molecule has 0 fully saturated rings. The van der Waals surface area contributed by atoms with Crippen molar-refractivity contribution in [2.45, 2.75) is 0 Å². The molecule has 2 aromatic rings. The third-order valence-electron chi connectivity index (χ3n) is 1.91. The standard InChI is InChI=1S/C10H7Cl2N5O/c11-7-2-1-6(8(12)3-7)4-13-16-10-15-9(18)5-14-17-10/h1-5H,(H2,15,16,17,18). The fourth-order valence-corrected chi connectivity index (χ4v) is 1.59. The van der Waals surface area contributed by atoms with Crippen LogP contribution in [0, 0.1) is 0 Å². The maximum atomic E-state index is 10.9. The van der Waals surface area contributed by atoms with Crippen molar-refractivity contribution in [2.75, 3.05) is 5.43 Å². The van der Waals surface area contributed by atoms with Crippen LogP contribution in [-0.4, -0.2) is 21.4 Å². The van der Waals surface area contributed by atoms with Crippen molar-refractivity contribution in [1.82, 2.24) is 15.2 Å². The number of halogens is 2. The van der Waals surface area contributed by atoms with E-state index in [1.165, 1.54) is 6.21 Å². The molecule has 2 rings (SSSR count). The summed E-state index contributed by atoms with van der Waals surface area (Å²) in [5.41, 5.74) is 2.84. The third kappa shape index (κ3) is 3.28. The molecule has 6 nitrogen and oxygen atoms in total. The van der Waals surface area contributed by atoms with E-state index >= 15 is 0 Å². The molecule has 0 saturated heterocycles. The molecule has 0 bridgehead atoms. The number of hydrogen-bond donors (Lipinski definition) is 2. The van der Waals surface area contributed by atoms with Gasteiger partial charge in [-0.2, -0.15) is 5.10 Å². The fraction of sp³-hybridized carbons (Fsp3) is 0. The summed E-state index contributed by atoms with van der Waals surface area (Å²) in [6.45, 7) is 0. The average Bonchev–Trinajstić information content (AvgIpc) is 2.32. The van der Waals surface area contributed by atoms with E-state index in [-0.39, 0.29) is 11.5 Å². The number of H-pyrrole nitrogens is 1. The van der Waals surface area contributed by atoms with Crippen LogP contribution in [0.3, 0.4) is 0 Å². The van der Waals surface area contributed by atoms with Crippen LogP contribution in [0.5, 0.6) is 0 Å². The van der Waals surface area contributed by atoms with Gasteiger partial charge in [-0.25, -0.2) is 5.43 Å². The van der Waals surface area contributed by atoms with Gasteiger partial charge in [-0.05, 0) is 12.1 Å². The van der Waals surface area contributed by atoms with Gasteiger partial charge in [-0.15, -0.1) is 10.2 Å². The Morgan fingerprint density at radius 3 is 2.94 bits per heavy atom. The summed E-state index contributed by atoms with van der Waals surface area (Å²) in [5.74, 6) is 0.142. The highest BCUT2D eigenvalue weighted by molar-refractivity contribution is 6.36. The maximum Gasteiger partial charge on any atom is 0.271 e. The molecule has 18 heavy (non-hydrogen) atoms. The molecule has 0 radical (unpaired) electrons. The van der Waals surface area contributed by atoms with E-state index in [1.54, 1.807) is 18.2 Å². The van der Waals surface area contributed by atoms with Gasteiger partial charge < -0.3 is 0 Å². The Labute approximate surface area is 112 Å². The zero-order chi connectivity index (χ0) is 13.0. The predicted octanol–water partition coefficient (Wildman–Crippen LogP) is 1.92. The van der Waals surface area contributed by atoms with Gasteiger partial charge in [0, 0.05) is 10.6 Å². The first-order chi connectivity index (χ1) is 8.65. The van der Waals surface area contributed by atoms with Crippen molar-refractivity contribution >= 4 is 35.4 Å². The van der Waals surface area contributed by atoms with Gasteiger partial charge in [0.05, 0.1) is 11.2 Å². The van der Waals surface area contributed by atoms with Gasteiger partial charge in [-0.3, -0.25) is 9.78 Å².